The van der Waals surface area contributed by atoms with Crippen LogP contribution in [0, 0.1) is 0 Å². The number of aromatic nitrogens is 1. The van der Waals surface area contributed by atoms with Gasteiger partial charge in [-0.05, 0) is 0 Å². The van der Waals surface area contributed by atoms with Gasteiger partial charge < -0.3 is 4.74 Å². The predicted molar refractivity (Wildman–Crippen MR) is 60.9 cm³/mol. The number of hydrogen-bond donors (Lipinski definition) is 0. The molecule has 1 aliphatic rings. The average Bonchev–Trinajstić information content (AvgIpc) is 2.71. The third-order valence-corrected chi connectivity index (χ3v) is 3.86. The fourth-order valence-corrected chi connectivity index (χ4v) is 2.78. The van der Waals surface area contributed by atoms with Crippen LogP contribution in [0.3, 0.4) is 0 Å². The molecule has 3 nitrogen and oxygen atoms in total. The van der Waals surface area contributed by atoms with Crippen molar-refractivity contribution in [3.05, 3.63) is 16.6 Å². The largest absolute Gasteiger partial charge is 0.378 e. The molecule has 0 amide bonds. The van der Waals surface area contributed by atoms with Crippen LogP contribution in [0.5, 0.6) is 0 Å². The zero-order valence-electron chi connectivity index (χ0n) is 7.86. The maximum Gasteiger partial charge on any atom is 0.107 e. The summed E-state index contributed by atoms with van der Waals surface area (Å²) in [5.41, 5.74) is 0. The van der Waals surface area contributed by atoms with Crippen molar-refractivity contribution in [1.82, 2.24) is 9.88 Å². The molecule has 1 aromatic heterocycles. The molecule has 1 atom stereocenters. The highest BCUT2D eigenvalue weighted by Crippen LogP contribution is 2.15. The molecule has 0 spiro atoms. The van der Waals surface area contributed by atoms with E-state index in [-0.39, 0.29) is 0 Å². The lowest BCUT2D eigenvalue weighted by atomic mass is 10.2. The van der Waals surface area contributed by atoms with E-state index < -0.39 is 0 Å². The van der Waals surface area contributed by atoms with E-state index in [1.807, 2.05) is 11.6 Å². The molecule has 1 fully saturated rings. The van der Waals surface area contributed by atoms with E-state index in [4.69, 9.17) is 4.74 Å². The van der Waals surface area contributed by atoms with Gasteiger partial charge in [0.1, 0.15) is 5.01 Å². The first-order chi connectivity index (χ1) is 6.90. The smallest absolute Gasteiger partial charge is 0.107 e. The standard InChI is InChI=1S/C9H13BrN2OS/c10-5-8-7-13-3-2-12(8)6-9-11-1-4-14-9/h1,4,8H,2-3,5-7H2. The SMILES string of the molecule is BrCC1COCCN1Cc1nccs1. The highest BCUT2D eigenvalue weighted by atomic mass is 79.9. The molecule has 2 heterocycles. The molecule has 1 saturated heterocycles. The van der Waals surface area contributed by atoms with E-state index in [0.29, 0.717) is 6.04 Å². The van der Waals surface area contributed by atoms with Crippen LogP contribution in [0.15, 0.2) is 11.6 Å². The second-order valence-electron chi connectivity index (χ2n) is 3.28. The van der Waals surface area contributed by atoms with E-state index in [2.05, 4.69) is 25.8 Å². The van der Waals surface area contributed by atoms with Gasteiger partial charge >= 0.3 is 0 Å². The number of halogens is 1. The second-order valence-corrected chi connectivity index (χ2v) is 4.91. The normalized spacial score (nSPS) is 23.9. The lowest BCUT2D eigenvalue weighted by Gasteiger charge is -2.33. The third-order valence-electron chi connectivity index (χ3n) is 2.35. The minimum atomic E-state index is 0.493. The van der Waals surface area contributed by atoms with Crippen molar-refractivity contribution in [3.63, 3.8) is 0 Å². The molecular weight excluding hydrogens is 264 g/mol. The van der Waals surface area contributed by atoms with Crippen LogP contribution < -0.4 is 0 Å². The Bertz CT molecular complexity index is 268. The van der Waals surface area contributed by atoms with Gasteiger partial charge in [-0.1, -0.05) is 15.9 Å². The van der Waals surface area contributed by atoms with Gasteiger partial charge in [0, 0.05) is 29.5 Å². The van der Waals surface area contributed by atoms with Crippen LogP contribution in [0.25, 0.3) is 0 Å². The summed E-state index contributed by atoms with van der Waals surface area (Å²) in [6, 6.07) is 0.493. The van der Waals surface area contributed by atoms with E-state index in [1.165, 1.54) is 5.01 Å². The molecule has 0 bridgehead atoms. The molecule has 0 radical (unpaired) electrons. The Morgan fingerprint density at radius 3 is 3.36 bits per heavy atom. The fraction of sp³-hybridized carbons (Fsp3) is 0.667. The number of morpholine rings is 1. The Kier molecular flexibility index (Phi) is 3.92. The molecule has 1 unspecified atom stereocenters. The van der Waals surface area contributed by atoms with Crippen LogP contribution >= 0.6 is 27.3 Å². The van der Waals surface area contributed by atoms with Gasteiger partial charge in [0.2, 0.25) is 0 Å². The molecule has 0 N–H and O–H groups in total. The van der Waals surface area contributed by atoms with Crippen LogP contribution in [-0.2, 0) is 11.3 Å². The van der Waals surface area contributed by atoms with Crippen molar-refractivity contribution in [1.29, 1.82) is 0 Å². The van der Waals surface area contributed by atoms with Crippen LogP contribution in [-0.4, -0.2) is 41.0 Å². The van der Waals surface area contributed by atoms with Crippen molar-refractivity contribution in [2.24, 2.45) is 0 Å². The third kappa shape index (κ3) is 2.53. The first kappa shape index (κ1) is 10.5. The van der Waals surface area contributed by atoms with Gasteiger partial charge in [0.25, 0.3) is 0 Å². The van der Waals surface area contributed by atoms with Crippen molar-refractivity contribution in [3.8, 4) is 0 Å². The van der Waals surface area contributed by atoms with Crippen molar-refractivity contribution in [2.45, 2.75) is 12.6 Å². The number of alkyl halides is 1. The quantitative estimate of drug-likeness (QED) is 0.787. The Balaban J connectivity index is 1.94. The maximum atomic E-state index is 5.43. The minimum Gasteiger partial charge on any atom is -0.378 e. The van der Waals surface area contributed by atoms with Gasteiger partial charge in [-0.3, -0.25) is 4.90 Å². The first-order valence-electron chi connectivity index (χ1n) is 4.66. The van der Waals surface area contributed by atoms with Gasteiger partial charge in [0.05, 0.1) is 19.8 Å². The molecule has 2 rings (SSSR count). The molecule has 0 aliphatic carbocycles. The molecule has 5 heteroatoms. The van der Waals surface area contributed by atoms with Gasteiger partial charge in [0.15, 0.2) is 0 Å². The lowest BCUT2D eigenvalue weighted by molar-refractivity contribution is -0.00214. The summed E-state index contributed by atoms with van der Waals surface area (Å²) in [6.07, 6.45) is 1.86. The topological polar surface area (TPSA) is 25.4 Å². The van der Waals surface area contributed by atoms with E-state index in [9.17, 15) is 0 Å². The maximum absolute atomic E-state index is 5.43. The Morgan fingerprint density at radius 1 is 1.71 bits per heavy atom. The Labute approximate surface area is 96.2 Å². The predicted octanol–water partition coefficient (Wildman–Crippen LogP) is 1.74. The summed E-state index contributed by atoms with van der Waals surface area (Å²) in [6.45, 7) is 3.64. The van der Waals surface area contributed by atoms with Crippen LogP contribution in [0.4, 0.5) is 0 Å². The fourth-order valence-electron chi connectivity index (χ4n) is 1.54. The monoisotopic (exact) mass is 276 g/mol. The number of ether oxygens (including phenoxy) is 1. The van der Waals surface area contributed by atoms with Gasteiger partial charge in [-0.25, -0.2) is 4.98 Å². The minimum absolute atomic E-state index is 0.493. The highest BCUT2D eigenvalue weighted by Gasteiger charge is 2.22. The summed E-state index contributed by atoms with van der Waals surface area (Å²) in [4.78, 5) is 6.73. The zero-order chi connectivity index (χ0) is 9.80. The molecule has 1 aliphatic heterocycles. The summed E-state index contributed by atoms with van der Waals surface area (Å²) in [5.74, 6) is 0. The van der Waals surface area contributed by atoms with E-state index in [1.54, 1.807) is 11.3 Å². The number of hydrogen-bond acceptors (Lipinski definition) is 4. The lowest BCUT2D eigenvalue weighted by Crippen LogP contribution is -2.45. The van der Waals surface area contributed by atoms with E-state index >= 15 is 0 Å². The Morgan fingerprint density at radius 2 is 2.64 bits per heavy atom. The molecule has 0 saturated carbocycles. The number of rotatable bonds is 3. The first-order valence-corrected chi connectivity index (χ1v) is 6.66. The van der Waals surface area contributed by atoms with Gasteiger partial charge in [-0.15, -0.1) is 11.3 Å². The van der Waals surface area contributed by atoms with Crippen molar-refractivity contribution in [2.75, 3.05) is 25.1 Å². The summed E-state index contributed by atoms with van der Waals surface area (Å²) < 4.78 is 5.43. The summed E-state index contributed by atoms with van der Waals surface area (Å²) in [7, 11) is 0. The van der Waals surface area contributed by atoms with Crippen LogP contribution in [0.1, 0.15) is 5.01 Å². The molecular formula is C9H13BrN2OS. The van der Waals surface area contributed by atoms with Gasteiger partial charge in [-0.2, -0.15) is 0 Å². The Hall–Kier alpha value is 0.0300. The summed E-state index contributed by atoms with van der Waals surface area (Å²) in [5, 5.41) is 4.19. The molecule has 14 heavy (non-hydrogen) atoms. The van der Waals surface area contributed by atoms with Crippen molar-refractivity contribution >= 4 is 27.3 Å². The van der Waals surface area contributed by atoms with Crippen LogP contribution in [0.2, 0.25) is 0 Å². The summed E-state index contributed by atoms with van der Waals surface area (Å²) >= 11 is 5.24. The molecule has 0 aromatic carbocycles. The highest BCUT2D eigenvalue weighted by molar-refractivity contribution is 9.09. The zero-order valence-corrected chi connectivity index (χ0v) is 10.3. The average molecular weight is 277 g/mol. The molecule has 78 valence electrons. The number of thiazole rings is 1. The second kappa shape index (κ2) is 5.21. The molecule has 1 aromatic rings. The van der Waals surface area contributed by atoms with E-state index in [0.717, 1.165) is 31.6 Å². The van der Waals surface area contributed by atoms with Crippen molar-refractivity contribution < 1.29 is 4.74 Å². The number of nitrogens with zero attached hydrogens (tertiary/aromatic N) is 2.